The number of fused-ring (bicyclic) bond motifs is 1. The predicted octanol–water partition coefficient (Wildman–Crippen LogP) is 3.40. The van der Waals surface area contributed by atoms with Crippen molar-refractivity contribution in [3.8, 4) is 0 Å². The summed E-state index contributed by atoms with van der Waals surface area (Å²) >= 11 is 3.61. The summed E-state index contributed by atoms with van der Waals surface area (Å²) in [6, 6.07) is 8.51. The summed E-state index contributed by atoms with van der Waals surface area (Å²) in [7, 11) is 2.00. The summed E-state index contributed by atoms with van der Waals surface area (Å²) in [6.07, 6.45) is 4.62. The summed E-state index contributed by atoms with van der Waals surface area (Å²) in [5.74, 6) is 0. The molecule has 0 spiro atoms. The number of halogens is 1. The van der Waals surface area contributed by atoms with E-state index in [0.29, 0.717) is 0 Å². The zero-order chi connectivity index (χ0) is 11.4. The molecule has 0 amide bonds. The lowest BCUT2D eigenvalue weighted by Crippen LogP contribution is -2.08. The molecule has 0 saturated carbocycles. The number of rotatable bonds is 5. The summed E-state index contributed by atoms with van der Waals surface area (Å²) in [5.41, 5.74) is 1.32. The van der Waals surface area contributed by atoms with E-state index >= 15 is 0 Å². The van der Waals surface area contributed by atoms with Crippen molar-refractivity contribution in [2.24, 2.45) is 0 Å². The van der Waals surface area contributed by atoms with E-state index in [4.69, 9.17) is 0 Å². The molecular weight excluding hydrogens is 264 g/mol. The zero-order valence-electron chi connectivity index (χ0n) is 9.54. The van der Waals surface area contributed by atoms with Crippen molar-refractivity contribution in [2.75, 3.05) is 13.6 Å². The molecule has 0 saturated heterocycles. The average Bonchev–Trinajstić information content (AvgIpc) is 2.63. The first kappa shape index (κ1) is 11.7. The van der Waals surface area contributed by atoms with Gasteiger partial charge in [0.15, 0.2) is 0 Å². The van der Waals surface area contributed by atoms with E-state index in [1.165, 1.54) is 28.2 Å². The Morgan fingerprint density at radius 1 is 1.25 bits per heavy atom. The Labute approximate surface area is 105 Å². The van der Waals surface area contributed by atoms with E-state index < -0.39 is 0 Å². The Balaban J connectivity index is 2.12. The van der Waals surface area contributed by atoms with Crippen LogP contribution in [0.5, 0.6) is 0 Å². The number of unbranched alkanes of at least 4 members (excludes halogenated alkanes) is 1. The van der Waals surface area contributed by atoms with Gasteiger partial charge in [0.05, 0.1) is 0 Å². The fourth-order valence-electron chi connectivity index (χ4n) is 1.97. The van der Waals surface area contributed by atoms with Crippen LogP contribution < -0.4 is 5.32 Å². The molecule has 2 rings (SSSR count). The number of nitrogens with one attached hydrogen (secondary N) is 1. The molecule has 0 radical (unpaired) electrons. The number of para-hydroxylation sites is 1. The molecular formula is C13H17BrN2. The third-order valence-corrected chi connectivity index (χ3v) is 3.45. The van der Waals surface area contributed by atoms with Crippen LogP contribution in [-0.4, -0.2) is 18.2 Å². The van der Waals surface area contributed by atoms with E-state index in [9.17, 15) is 0 Å². The molecule has 3 heteroatoms. The second-order valence-corrected chi connectivity index (χ2v) is 4.85. The summed E-state index contributed by atoms with van der Waals surface area (Å²) in [4.78, 5) is 0. The minimum absolute atomic E-state index is 1.09. The number of aromatic nitrogens is 1. The van der Waals surface area contributed by atoms with Gasteiger partial charge in [-0.2, -0.15) is 0 Å². The Bertz CT molecular complexity index is 462. The lowest BCUT2D eigenvalue weighted by molar-refractivity contribution is 0.602. The number of benzene rings is 1. The highest BCUT2D eigenvalue weighted by Crippen LogP contribution is 2.26. The Morgan fingerprint density at radius 2 is 2.06 bits per heavy atom. The van der Waals surface area contributed by atoms with Crippen molar-refractivity contribution in [1.82, 2.24) is 9.88 Å². The molecule has 1 N–H and O–H groups in total. The molecule has 0 aliphatic carbocycles. The van der Waals surface area contributed by atoms with Crippen LogP contribution in [0.25, 0.3) is 10.9 Å². The van der Waals surface area contributed by atoms with Gasteiger partial charge in [0.1, 0.15) is 0 Å². The molecule has 1 aromatic heterocycles. The Hall–Kier alpha value is -0.800. The minimum Gasteiger partial charge on any atom is -0.346 e. The number of aryl methyl sites for hydroxylation is 1. The van der Waals surface area contributed by atoms with Gasteiger partial charge in [0, 0.05) is 28.1 Å². The highest BCUT2D eigenvalue weighted by molar-refractivity contribution is 9.10. The van der Waals surface area contributed by atoms with Gasteiger partial charge in [0.2, 0.25) is 0 Å². The maximum atomic E-state index is 3.61. The molecule has 1 aromatic carbocycles. The average molecular weight is 281 g/mol. The molecule has 2 aromatic rings. The topological polar surface area (TPSA) is 17.0 Å². The summed E-state index contributed by atoms with van der Waals surface area (Å²) < 4.78 is 3.52. The van der Waals surface area contributed by atoms with Crippen LogP contribution in [0.3, 0.4) is 0 Å². The van der Waals surface area contributed by atoms with Gasteiger partial charge in [-0.15, -0.1) is 0 Å². The lowest BCUT2D eigenvalue weighted by Gasteiger charge is -2.04. The van der Waals surface area contributed by atoms with Gasteiger partial charge in [0.25, 0.3) is 0 Å². The van der Waals surface area contributed by atoms with Crippen molar-refractivity contribution in [3.63, 3.8) is 0 Å². The van der Waals surface area contributed by atoms with Crippen molar-refractivity contribution in [2.45, 2.75) is 19.4 Å². The SMILES string of the molecule is CNCCCCn1cc(Br)c2ccccc21. The van der Waals surface area contributed by atoms with Gasteiger partial charge in [-0.1, -0.05) is 18.2 Å². The molecule has 2 nitrogen and oxygen atoms in total. The third-order valence-electron chi connectivity index (χ3n) is 2.82. The van der Waals surface area contributed by atoms with Gasteiger partial charge in [-0.05, 0) is 48.4 Å². The highest BCUT2D eigenvalue weighted by atomic mass is 79.9. The number of nitrogens with zero attached hydrogens (tertiary/aromatic N) is 1. The molecule has 0 aliphatic rings. The molecule has 0 atom stereocenters. The van der Waals surface area contributed by atoms with E-state index in [1.807, 2.05) is 7.05 Å². The largest absolute Gasteiger partial charge is 0.346 e. The maximum Gasteiger partial charge on any atom is 0.0492 e. The van der Waals surface area contributed by atoms with Crippen LogP contribution in [0.4, 0.5) is 0 Å². The monoisotopic (exact) mass is 280 g/mol. The standard InChI is InChI=1S/C13H17BrN2/c1-15-8-4-5-9-16-10-12(14)11-6-2-3-7-13(11)16/h2-3,6-7,10,15H,4-5,8-9H2,1H3. The van der Waals surface area contributed by atoms with E-state index in [1.54, 1.807) is 0 Å². The first-order chi connectivity index (χ1) is 7.83. The van der Waals surface area contributed by atoms with Crippen LogP contribution in [0.15, 0.2) is 34.9 Å². The smallest absolute Gasteiger partial charge is 0.0492 e. The van der Waals surface area contributed by atoms with Gasteiger partial charge in [-0.3, -0.25) is 0 Å². The Morgan fingerprint density at radius 3 is 2.88 bits per heavy atom. The fourth-order valence-corrected chi connectivity index (χ4v) is 2.55. The zero-order valence-corrected chi connectivity index (χ0v) is 11.1. The van der Waals surface area contributed by atoms with Crippen molar-refractivity contribution >= 4 is 26.8 Å². The number of hydrogen-bond donors (Lipinski definition) is 1. The molecule has 0 bridgehead atoms. The summed E-state index contributed by atoms with van der Waals surface area (Å²) in [5, 5.41) is 4.48. The van der Waals surface area contributed by atoms with Crippen LogP contribution in [-0.2, 0) is 6.54 Å². The molecule has 86 valence electrons. The molecule has 0 aliphatic heterocycles. The van der Waals surface area contributed by atoms with E-state index in [-0.39, 0.29) is 0 Å². The first-order valence-corrected chi connectivity index (χ1v) is 6.50. The van der Waals surface area contributed by atoms with Gasteiger partial charge in [-0.25, -0.2) is 0 Å². The maximum absolute atomic E-state index is 3.61. The Kier molecular flexibility index (Phi) is 4.02. The van der Waals surface area contributed by atoms with Gasteiger partial charge < -0.3 is 9.88 Å². The van der Waals surface area contributed by atoms with Crippen LogP contribution in [0, 0.1) is 0 Å². The van der Waals surface area contributed by atoms with Crippen molar-refractivity contribution in [3.05, 3.63) is 34.9 Å². The van der Waals surface area contributed by atoms with Crippen LogP contribution in [0.1, 0.15) is 12.8 Å². The minimum atomic E-state index is 1.09. The van der Waals surface area contributed by atoms with E-state index in [2.05, 4.69) is 56.3 Å². The summed E-state index contributed by atoms with van der Waals surface area (Å²) in [6.45, 7) is 2.19. The second kappa shape index (κ2) is 5.51. The van der Waals surface area contributed by atoms with Crippen LogP contribution >= 0.6 is 15.9 Å². The fraction of sp³-hybridized carbons (Fsp3) is 0.385. The molecule has 0 fully saturated rings. The predicted molar refractivity (Wildman–Crippen MR) is 72.8 cm³/mol. The first-order valence-electron chi connectivity index (χ1n) is 5.71. The van der Waals surface area contributed by atoms with Gasteiger partial charge >= 0.3 is 0 Å². The quantitative estimate of drug-likeness (QED) is 0.831. The van der Waals surface area contributed by atoms with Crippen molar-refractivity contribution in [1.29, 1.82) is 0 Å². The molecule has 0 unspecified atom stereocenters. The molecule has 1 heterocycles. The highest BCUT2D eigenvalue weighted by Gasteiger charge is 2.04. The van der Waals surface area contributed by atoms with Crippen LogP contribution in [0.2, 0.25) is 0 Å². The third kappa shape index (κ3) is 2.47. The number of hydrogen-bond acceptors (Lipinski definition) is 1. The lowest BCUT2D eigenvalue weighted by atomic mass is 10.2. The van der Waals surface area contributed by atoms with Crippen molar-refractivity contribution < 1.29 is 0 Å². The molecule has 16 heavy (non-hydrogen) atoms. The van der Waals surface area contributed by atoms with E-state index in [0.717, 1.165) is 13.1 Å². The normalized spacial score (nSPS) is 11.1. The second-order valence-electron chi connectivity index (χ2n) is 4.00.